The van der Waals surface area contributed by atoms with E-state index in [0.717, 1.165) is 0 Å². The Hall–Kier alpha value is -1.08. The molecular formula is C9H16N2O2. The molecule has 0 aromatic carbocycles. The second-order valence-corrected chi connectivity index (χ2v) is 3.44. The molecule has 0 bridgehead atoms. The number of carbonyl (C=O) groups is 1. The SMILES string of the molecule is CC(CO)NC(=O)C(C#N)C(C)C. The fourth-order valence-electron chi connectivity index (χ4n) is 0.889. The van der Waals surface area contributed by atoms with Crippen molar-refractivity contribution in [3.63, 3.8) is 0 Å². The third-order valence-electron chi connectivity index (χ3n) is 1.75. The first kappa shape index (κ1) is 11.9. The van der Waals surface area contributed by atoms with Gasteiger partial charge in [0.25, 0.3) is 0 Å². The van der Waals surface area contributed by atoms with Gasteiger partial charge in [-0.3, -0.25) is 4.79 Å². The number of nitrogens with zero attached hydrogens (tertiary/aromatic N) is 1. The second-order valence-electron chi connectivity index (χ2n) is 3.44. The second kappa shape index (κ2) is 5.55. The maximum atomic E-state index is 11.3. The number of hydrogen-bond donors (Lipinski definition) is 2. The van der Waals surface area contributed by atoms with Crippen molar-refractivity contribution in [2.45, 2.75) is 26.8 Å². The van der Waals surface area contributed by atoms with Crippen molar-refractivity contribution in [3.8, 4) is 6.07 Å². The molecule has 4 heteroatoms. The molecule has 0 spiro atoms. The number of carbonyl (C=O) groups excluding carboxylic acids is 1. The van der Waals surface area contributed by atoms with Crippen LogP contribution in [0.25, 0.3) is 0 Å². The van der Waals surface area contributed by atoms with Gasteiger partial charge in [-0.1, -0.05) is 13.8 Å². The average molecular weight is 184 g/mol. The Morgan fingerprint density at radius 2 is 2.08 bits per heavy atom. The number of hydrogen-bond acceptors (Lipinski definition) is 3. The van der Waals surface area contributed by atoms with Crippen LogP contribution in [-0.2, 0) is 4.79 Å². The highest BCUT2D eigenvalue weighted by Gasteiger charge is 2.22. The van der Waals surface area contributed by atoms with Gasteiger partial charge in [-0.05, 0) is 12.8 Å². The molecule has 4 nitrogen and oxygen atoms in total. The quantitative estimate of drug-likeness (QED) is 0.659. The monoisotopic (exact) mass is 184 g/mol. The van der Waals surface area contributed by atoms with Crippen molar-refractivity contribution in [1.82, 2.24) is 5.32 Å². The summed E-state index contributed by atoms with van der Waals surface area (Å²) >= 11 is 0. The Labute approximate surface area is 78.6 Å². The number of nitriles is 1. The molecule has 0 saturated carbocycles. The maximum absolute atomic E-state index is 11.3. The van der Waals surface area contributed by atoms with Gasteiger partial charge in [-0.15, -0.1) is 0 Å². The van der Waals surface area contributed by atoms with Crippen LogP contribution in [0.4, 0.5) is 0 Å². The lowest BCUT2D eigenvalue weighted by molar-refractivity contribution is -0.125. The Morgan fingerprint density at radius 3 is 2.38 bits per heavy atom. The highest BCUT2D eigenvalue weighted by molar-refractivity contribution is 5.81. The lowest BCUT2D eigenvalue weighted by Gasteiger charge is -2.16. The van der Waals surface area contributed by atoms with Crippen LogP contribution < -0.4 is 5.32 Å². The minimum Gasteiger partial charge on any atom is -0.394 e. The summed E-state index contributed by atoms with van der Waals surface area (Å²) in [5.74, 6) is -0.941. The van der Waals surface area contributed by atoms with Crippen LogP contribution in [0.1, 0.15) is 20.8 Å². The molecule has 0 radical (unpaired) electrons. The third kappa shape index (κ3) is 3.90. The van der Waals surface area contributed by atoms with E-state index in [1.165, 1.54) is 0 Å². The molecule has 0 aliphatic heterocycles. The maximum Gasteiger partial charge on any atom is 0.237 e. The van der Waals surface area contributed by atoms with Gasteiger partial charge in [0.2, 0.25) is 5.91 Å². The molecule has 0 fully saturated rings. The molecule has 2 atom stereocenters. The summed E-state index contributed by atoms with van der Waals surface area (Å²) in [6, 6.07) is 1.65. The molecule has 0 rings (SSSR count). The summed E-state index contributed by atoms with van der Waals surface area (Å²) in [4.78, 5) is 11.3. The van der Waals surface area contributed by atoms with Crippen molar-refractivity contribution >= 4 is 5.91 Å². The lowest BCUT2D eigenvalue weighted by atomic mass is 9.96. The summed E-state index contributed by atoms with van der Waals surface area (Å²) in [5.41, 5.74) is 0. The van der Waals surface area contributed by atoms with Gasteiger partial charge in [-0.2, -0.15) is 5.26 Å². The number of aliphatic hydroxyl groups excluding tert-OH is 1. The van der Waals surface area contributed by atoms with Crippen LogP contribution >= 0.6 is 0 Å². The summed E-state index contributed by atoms with van der Waals surface area (Å²) in [5, 5.41) is 19.9. The molecular weight excluding hydrogens is 168 g/mol. The Kier molecular flexibility index (Phi) is 5.09. The largest absolute Gasteiger partial charge is 0.394 e. The van der Waals surface area contributed by atoms with Gasteiger partial charge < -0.3 is 10.4 Å². The highest BCUT2D eigenvalue weighted by Crippen LogP contribution is 2.09. The van der Waals surface area contributed by atoms with E-state index >= 15 is 0 Å². The van der Waals surface area contributed by atoms with Crippen LogP contribution in [0, 0.1) is 23.2 Å². The van der Waals surface area contributed by atoms with E-state index in [2.05, 4.69) is 5.32 Å². The minimum atomic E-state index is -0.631. The smallest absolute Gasteiger partial charge is 0.237 e. The van der Waals surface area contributed by atoms with E-state index in [0.29, 0.717) is 0 Å². The number of amides is 1. The van der Waals surface area contributed by atoms with Crippen LogP contribution in [0.3, 0.4) is 0 Å². The van der Waals surface area contributed by atoms with Gasteiger partial charge in [0.05, 0.1) is 12.7 Å². The van der Waals surface area contributed by atoms with Crippen molar-refractivity contribution in [2.75, 3.05) is 6.61 Å². The van der Waals surface area contributed by atoms with Crippen LogP contribution in [-0.4, -0.2) is 23.7 Å². The average Bonchev–Trinajstić information content (AvgIpc) is 2.04. The van der Waals surface area contributed by atoms with Crippen LogP contribution in [0.2, 0.25) is 0 Å². The minimum absolute atomic E-state index is 0.00380. The van der Waals surface area contributed by atoms with E-state index in [1.54, 1.807) is 6.92 Å². The van der Waals surface area contributed by atoms with Gasteiger partial charge in [0.15, 0.2) is 0 Å². The van der Waals surface area contributed by atoms with Gasteiger partial charge >= 0.3 is 0 Å². The Bertz CT molecular complexity index is 208. The predicted octanol–water partition coefficient (Wildman–Crippen LogP) is 0.279. The first-order chi connectivity index (χ1) is 6.02. The van der Waals surface area contributed by atoms with E-state index in [9.17, 15) is 4.79 Å². The van der Waals surface area contributed by atoms with Gasteiger partial charge in [0, 0.05) is 6.04 Å². The van der Waals surface area contributed by atoms with Crippen molar-refractivity contribution in [2.24, 2.45) is 11.8 Å². The molecule has 0 saturated heterocycles. The van der Waals surface area contributed by atoms with Crippen LogP contribution in [0.5, 0.6) is 0 Å². The van der Waals surface area contributed by atoms with E-state index < -0.39 is 5.92 Å². The van der Waals surface area contributed by atoms with E-state index in [1.807, 2.05) is 19.9 Å². The van der Waals surface area contributed by atoms with Crippen molar-refractivity contribution in [3.05, 3.63) is 0 Å². The zero-order chi connectivity index (χ0) is 10.4. The molecule has 13 heavy (non-hydrogen) atoms. The predicted molar refractivity (Wildman–Crippen MR) is 48.6 cm³/mol. The van der Waals surface area contributed by atoms with Crippen molar-refractivity contribution < 1.29 is 9.90 Å². The fraction of sp³-hybridized carbons (Fsp3) is 0.778. The third-order valence-corrected chi connectivity index (χ3v) is 1.75. The van der Waals surface area contributed by atoms with Crippen LogP contribution in [0.15, 0.2) is 0 Å². The standard InChI is InChI=1S/C9H16N2O2/c1-6(2)8(4-10)9(13)11-7(3)5-12/h6-8,12H,5H2,1-3H3,(H,11,13). The molecule has 2 N–H and O–H groups in total. The first-order valence-corrected chi connectivity index (χ1v) is 4.33. The number of rotatable bonds is 4. The summed E-state index contributed by atoms with van der Waals surface area (Å²) in [7, 11) is 0. The number of nitrogens with one attached hydrogen (secondary N) is 1. The normalized spacial score (nSPS) is 14.8. The molecule has 2 unspecified atom stereocenters. The van der Waals surface area contributed by atoms with E-state index in [-0.39, 0.29) is 24.5 Å². The first-order valence-electron chi connectivity index (χ1n) is 4.33. The Morgan fingerprint density at radius 1 is 1.54 bits per heavy atom. The summed E-state index contributed by atoms with van der Waals surface area (Å²) in [6.07, 6.45) is 0. The lowest BCUT2D eigenvalue weighted by Crippen LogP contribution is -2.40. The molecule has 0 heterocycles. The Balaban J connectivity index is 4.17. The molecule has 0 aliphatic carbocycles. The fourth-order valence-corrected chi connectivity index (χ4v) is 0.889. The molecule has 0 aromatic rings. The van der Waals surface area contributed by atoms with Gasteiger partial charge in [0.1, 0.15) is 5.92 Å². The van der Waals surface area contributed by atoms with E-state index in [4.69, 9.17) is 10.4 Å². The summed E-state index contributed by atoms with van der Waals surface area (Å²) in [6.45, 7) is 5.21. The topological polar surface area (TPSA) is 73.1 Å². The van der Waals surface area contributed by atoms with Gasteiger partial charge in [-0.25, -0.2) is 0 Å². The molecule has 0 aromatic heterocycles. The molecule has 74 valence electrons. The highest BCUT2D eigenvalue weighted by atomic mass is 16.3. The zero-order valence-corrected chi connectivity index (χ0v) is 8.24. The molecule has 0 aliphatic rings. The summed E-state index contributed by atoms with van der Waals surface area (Å²) < 4.78 is 0. The van der Waals surface area contributed by atoms with Crippen molar-refractivity contribution in [1.29, 1.82) is 5.26 Å². The molecule has 1 amide bonds. The number of aliphatic hydroxyl groups is 1. The zero-order valence-electron chi connectivity index (χ0n) is 8.24.